The van der Waals surface area contributed by atoms with E-state index in [0.717, 1.165) is 49.1 Å². The van der Waals surface area contributed by atoms with Crippen LogP contribution in [-0.2, 0) is 6.54 Å². The molecule has 1 saturated heterocycles. The van der Waals surface area contributed by atoms with E-state index < -0.39 is 0 Å². The fourth-order valence-electron chi connectivity index (χ4n) is 3.25. The number of hydrogen-bond donors (Lipinski definition) is 1. The molecule has 0 amide bonds. The van der Waals surface area contributed by atoms with Gasteiger partial charge < -0.3 is 19.9 Å². The minimum absolute atomic E-state index is 0.510. The van der Waals surface area contributed by atoms with Gasteiger partial charge in [-0.15, -0.1) is 5.10 Å². The Labute approximate surface area is 164 Å². The van der Waals surface area contributed by atoms with Gasteiger partial charge in [0.2, 0.25) is 5.95 Å². The molecule has 4 rings (SSSR count). The van der Waals surface area contributed by atoms with E-state index in [2.05, 4.69) is 35.3 Å². The summed E-state index contributed by atoms with van der Waals surface area (Å²) in [7, 11) is 1.67. The van der Waals surface area contributed by atoms with E-state index in [-0.39, 0.29) is 0 Å². The van der Waals surface area contributed by atoms with E-state index in [4.69, 9.17) is 4.74 Å². The number of ether oxygens (including phenoxy) is 1. The summed E-state index contributed by atoms with van der Waals surface area (Å²) in [6.07, 6.45) is 3.54. The fraction of sp³-hybridized carbons (Fsp3) is 0.300. The van der Waals surface area contributed by atoms with E-state index in [1.54, 1.807) is 13.3 Å². The molecule has 0 radical (unpaired) electrons. The van der Waals surface area contributed by atoms with Crippen molar-refractivity contribution < 1.29 is 4.74 Å². The van der Waals surface area contributed by atoms with Crippen LogP contribution in [0.2, 0.25) is 0 Å². The van der Waals surface area contributed by atoms with Gasteiger partial charge in [-0.25, -0.2) is 4.98 Å². The lowest BCUT2D eigenvalue weighted by Gasteiger charge is -2.35. The summed E-state index contributed by atoms with van der Waals surface area (Å²) >= 11 is 0. The van der Waals surface area contributed by atoms with Crippen LogP contribution in [0.4, 0.5) is 17.6 Å². The van der Waals surface area contributed by atoms with Crippen molar-refractivity contribution in [2.45, 2.75) is 6.54 Å². The fourth-order valence-corrected chi connectivity index (χ4v) is 3.25. The van der Waals surface area contributed by atoms with E-state index in [0.29, 0.717) is 12.5 Å². The van der Waals surface area contributed by atoms with Crippen LogP contribution >= 0.6 is 0 Å². The van der Waals surface area contributed by atoms with Gasteiger partial charge in [-0.2, -0.15) is 10.1 Å². The van der Waals surface area contributed by atoms with E-state index in [1.807, 2.05) is 48.7 Å². The summed E-state index contributed by atoms with van der Waals surface area (Å²) in [5.74, 6) is 3.20. The lowest BCUT2D eigenvalue weighted by Crippen LogP contribution is -2.47. The van der Waals surface area contributed by atoms with Gasteiger partial charge in [0, 0.05) is 44.5 Å². The summed E-state index contributed by atoms with van der Waals surface area (Å²) in [6, 6.07) is 13.9. The quantitative estimate of drug-likeness (QED) is 0.700. The lowest BCUT2D eigenvalue weighted by molar-refractivity contribution is 0.410. The Kier molecular flexibility index (Phi) is 5.46. The third kappa shape index (κ3) is 4.11. The van der Waals surface area contributed by atoms with Crippen molar-refractivity contribution in [3.63, 3.8) is 0 Å². The highest BCUT2D eigenvalue weighted by Gasteiger charge is 2.19. The number of piperazine rings is 1. The number of rotatable bonds is 6. The molecule has 144 valence electrons. The first kappa shape index (κ1) is 18.0. The predicted molar refractivity (Wildman–Crippen MR) is 109 cm³/mol. The van der Waals surface area contributed by atoms with Crippen molar-refractivity contribution >= 4 is 17.6 Å². The first-order valence-electron chi connectivity index (χ1n) is 9.30. The molecule has 0 saturated carbocycles. The van der Waals surface area contributed by atoms with E-state index in [9.17, 15) is 0 Å². The molecule has 1 N–H and O–H groups in total. The number of aromatic nitrogens is 4. The Balaban J connectivity index is 1.38. The van der Waals surface area contributed by atoms with Gasteiger partial charge in [-0.3, -0.25) is 0 Å². The van der Waals surface area contributed by atoms with Gasteiger partial charge in [-0.05, 0) is 18.2 Å². The second-order valence-electron chi connectivity index (χ2n) is 6.47. The summed E-state index contributed by atoms with van der Waals surface area (Å²) < 4.78 is 5.38. The largest absolute Gasteiger partial charge is 0.496 e. The molecule has 1 fully saturated rings. The molecule has 0 spiro atoms. The second kappa shape index (κ2) is 8.51. The molecule has 8 heteroatoms. The average Bonchev–Trinajstić information content (AvgIpc) is 2.79. The molecular weight excluding hydrogens is 354 g/mol. The maximum atomic E-state index is 5.38. The van der Waals surface area contributed by atoms with Crippen LogP contribution in [0.5, 0.6) is 5.75 Å². The molecule has 28 heavy (non-hydrogen) atoms. The van der Waals surface area contributed by atoms with Gasteiger partial charge in [0.15, 0.2) is 5.82 Å². The number of pyridine rings is 1. The smallest absolute Gasteiger partial charge is 0.244 e. The summed E-state index contributed by atoms with van der Waals surface area (Å²) in [5.41, 5.74) is 1.04. The second-order valence-corrected chi connectivity index (χ2v) is 6.47. The third-order valence-corrected chi connectivity index (χ3v) is 4.75. The number of methoxy groups -OCH3 is 1. The Morgan fingerprint density at radius 3 is 2.46 bits per heavy atom. The number of anilines is 3. The molecule has 3 heterocycles. The van der Waals surface area contributed by atoms with Crippen LogP contribution in [0.3, 0.4) is 0 Å². The van der Waals surface area contributed by atoms with Crippen LogP contribution in [-0.4, -0.2) is 53.5 Å². The molecular formula is C20H23N7O. The Hall–Kier alpha value is -3.42. The van der Waals surface area contributed by atoms with Crippen LogP contribution in [0.1, 0.15) is 5.56 Å². The summed E-state index contributed by atoms with van der Waals surface area (Å²) in [5, 5.41) is 11.5. The number of hydrogen-bond acceptors (Lipinski definition) is 8. The zero-order valence-electron chi connectivity index (χ0n) is 15.8. The molecule has 2 aromatic heterocycles. The van der Waals surface area contributed by atoms with E-state index >= 15 is 0 Å². The number of benzene rings is 1. The molecule has 1 aliphatic rings. The third-order valence-electron chi connectivity index (χ3n) is 4.75. The van der Waals surface area contributed by atoms with Crippen molar-refractivity contribution in [1.29, 1.82) is 0 Å². The highest BCUT2D eigenvalue weighted by atomic mass is 16.5. The predicted octanol–water partition coefficient (Wildman–Crippen LogP) is 2.21. The van der Waals surface area contributed by atoms with Crippen molar-refractivity contribution in [3.05, 3.63) is 60.4 Å². The molecule has 0 aliphatic carbocycles. The van der Waals surface area contributed by atoms with Gasteiger partial charge in [-0.1, -0.05) is 24.3 Å². The Morgan fingerprint density at radius 2 is 1.71 bits per heavy atom. The highest BCUT2D eigenvalue weighted by molar-refractivity contribution is 5.45. The SMILES string of the molecule is COc1ccccc1CNc1nncc(N2CCN(c3ccccn3)CC2)n1. The van der Waals surface area contributed by atoms with Gasteiger partial charge in [0.05, 0.1) is 13.3 Å². The molecule has 1 aliphatic heterocycles. The van der Waals surface area contributed by atoms with Crippen molar-refractivity contribution in [2.24, 2.45) is 0 Å². The number of nitrogens with zero attached hydrogens (tertiary/aromatic N) is 6. The Bertz CT molecular complexity index is 898. The number of para-hydroxylation sites is 1. The van der Waals surface area contributed by atoms with Crippen LogP contribution in [0.25, 0.3) is 0 Å². The zero-order chi connectivity index (χ0) is 19.2. The highest BCUT2D eigenvalue weighted by Crippen LogP contribution is 2.20. The maximum absolute atomic E-state index is 5.38. The van der Waals surface area contributed by atoms with Crippen molar-refractivity contribution in [2.75, 3.05) is 48.4 Å². The molecule has 0 unspecified atom stereocenters. The molecule has 0 bridgehead atoms. The first-order valence-corrected chi connectivity index (χ1v) is 9.30. The van der Waals surface area contributed by atoms with Gasteiger partial charge in [0.1, 0.15) is 11.6 Å². The van der Waals surface area contributed by atoms with Crippen molar-refractivity contribution in [1.82, 2.24) is 20.2 Å². The summed E-state index contributed by atoms with van der Waals surface area (Å²) in [4.78, 5) is 13.6. The normalized spacial score (nSPS) is 14.0. The van der Waals surface area contributed by atoms with Crippen LogP contribution in [0, 0.1) is 0 Å². The minimum atomic E-state index is 0.510. The van der Waals surface area contributed by atoms with Crippen LogP contribution in [0.15, 0.2) is 54.9 Å². The first-order chi connectivity index (χ1) is 13.8. The molecule has 0 atom stereocenters. The minimum Gasteiger partial charge on any atom is -0.496 e. The topological polar surface area (TPSA) is 79.3 Å². The van der Waals surface area contributed by atoms with Crippen LogP contribution < -0.4 is 19.9 Å². The standard InChI is InChI=1S/C20H23N7O/c1-28-17-7-3-2-6-16(17)14-22-20-24-19(15-23-25-20)27-12-10-26(11-13-27)18-8-4-5-9-21-18/h2-9,15H,10-14H2,1H3,(H,22,24,25). The van der Waals surface area contributed by atoms with Gasteiger partial charge in [0.25, 0.3) is 0 Å². The summed E-state index contributed by atoms with van der Waals surface area (Å²) in [6.45, 7) is 4.08. The molecule has 8 nitrogen and oxygen atoms in total. The number of nitrogens with one attached hydrogen (secondary N) is 1. The van der Waals surface area contributed by atoms with Crippen molar-refractivity contribution in [3.8, 4) is 5.75 Å². The Morgan fingerprint density at radius 1 is 0.964 bits per heavy atom. The molecule has 1 aromatic carbocycles. The van der Waals surface area contributed by atoms with E-state index in [1.165, 1.54) is 0 Å². The zero-order valence-corrected chi connectivity index (χ0v) is 15.8. The maximum Gasteiger partial charge on any atom is 0.244 e. The average molecular weight is 377 g/mol. The lowest BCUT2D eigenvalue weighted by atomic mass is 10.2. The monoisotopic (exact) mass is 377 g/mol. The molecule has 3 aromatic rings. The van der Waals surface area contributed by atoms with Gasteiger partial charge >= 0.3 is 0 Å².